The molecule has 5 nitrogen and oxygen atoms in total. The Balaban J connectivity index is 1.37. The molecular formula is C21H32N2O3S. The fourth-order valence-corrected chi connectivity index (χ4v) is 5.89. The molecule has 3 aliphatic heterocycles. The lowest BCUT2D eigenvalue weighted by atomic mass is 9.98. The van der Waals surface area contributed by atoms with Gasteiger partial charge in [0.05, 0.1) is 4.88 Å². The van der Waals surface area contributed by atoms with Gasteiger partial charge >= 0.3 is 0 Å². The first-order chi connectivity index (χ1) is 13.2. The maximum atomic E-state index is 12.9. The highest BCUT2D eigenvalue weighted by atomic mass is 32.1. The van der Waals surface area contributed by atoms with Gasteiger partial charge in [0.15, 0.2) is 0 Å². The predicted molar refractivity (Wildman–Crippen MR) is 107 cm³/mol. The lowest BCUT2D eigenvalue weighted by Crippen LogP contribution is -2.38. The topological polar surface area (TPSA) is 53.0 Å². The summed E-state index contributed by atoms with van der Waals surface area (Å²) < 4.78 is 5.50. The monoisotopic (exact) mass is 392 g/mol. The van der Waals surface area contributed by atoms with E-state index >= 15 is 0 Å². The summed E-state index contributed by atoms with van der Waals surface area (Å²) in [6.45, 7) is 5.96. The average molecular weight is 393 g/mol. The van der Waals surface area contributed by atoms with Gasteiger partial charge < -0.3 is 14.7 Å². The molecule has 3 fully saturated rings. The molecule has 0 spiro atoms. The van der Waals surface area contributed by atoms with E-state index in [1.165, 1.54) is 43.6 Å². The third-order valence-electron chi connectivity index (χ3n) is 6.52. The Labute approximate surface area is 166 Å². The van der Waals surface area contributed by atoms with E-state index in [4.69, 9.17) is 4.74 Å². The summed E-state index contributed by atoms with van der Waals surface area (Å²) in [5.74, 6) is 1.30. The van der Waals surface area contributed by atoms with Crippen LogP contribution >= 0.6 is 11.3 Å². The Morgan fingerprint density at radius 1 is 1.07 bits per heavy atom. The van der Waals surface area contributed by atoms with Crippen LogP contribution in [0.3, 0.4) is 0 Å². The molecule has 0 saturated carbocycles. The lowest BCUT2D eigenvalue weighted by molar-refractivity contribution is 0.0508. The third kappa shape index (κ3) is 4.56. The van der Waals surface area contributed by atoms with Crippen LogP contribution in [0, 0.1) is 11.8 Å². The van der Waals surface area contributed by atoms with E-state index in [0.29, 0.717) is 12.0 Å². The molecular weight excluding hydrogens is 360 g/mol. The molecule has 3 saturated heterocycles. The number of aliphatic hydroxyl groups is 1. The molecule has 150 valence electrons. The van der Waals surface area contributed by atoms with Crippen molar-refractivity contribution in [2.24, 2.45) is 11.8 Å². The third-order valence-corrected chi connectivity index (χ3v) is 7.70. The van der Waals surface area contributed by atoms with Gasteiger partial charge in [-0.3, -0.25) is 9.69 Å². The van der Waals surface area contributed by atoms with E-state index in [-0.39, 0.29) is 12.5 Å². The maximum Gasteiger partial charge on any atom is 0.263 e. The number of amides is 1. The lowest BCUT2D eigenvalue weighted by Gasteiger charge is -2.31. The Bertz CT molecular complexity index is 621. The summed E-state index contributed by atoms with van der Waals surface area (Å²) in [7, 11) is 0. The van der Waals surface area contributed by atoms with Crippen molar-refractivity contribution in [3.63, 3.8) is 0 Å². The van der Waals surface area contributed by atoms with Crippen LogP contribution in [-0.4, -0.2) is 66.8 Å². The van der Waals surface area contributed by atoms with Gasteiger partial charge in [0, 0.05) is 50.4 Å². The second kappa shape index (κ2) is 9.03. The molecule has 27 heavy (non-hydrogen) atoms. The molecule has 0 aromatic carbocycles. The Hall–Kier alpha value is -0.950. The van der Waals surface area contributed by atoms with Crippen molar-refractivity contribution in [3.05, 3.63) is 21.9 Å². The predicted octanol–water partition coefficient (Wildman–Crippen LogP) is 3.16. The van der Waals surface area contributed by atoms with Crippen LogP contribution in [0.1, 0.15) is 59.1 Å². The second-order valence-corrected chi connectivity index (χ2v) is 9.44. The number of thiophene rings is 1. The molecule has 6 heteroatoms. The number of ether oxygens (including phenoxy) is 1. The molecule has 1 aromatic rings. The second-order valence-electron chi connectivity index (χ2n) is 8.33. The quantitative estimate of drug-likeness (QED) is 0.836. The van der Waals surface area contributed by atoms with Crippen LogP contribution in [0.2, 0.25) is 0 Å². The molecule has 4 rings (SSSR count). The summed E-state index contributed by atoms with van der Waals surface area (Å²) in [6.07, 6.45) is 6.66. The van der Waals surface area contributed by atoms with E-state index in [1.807, 2.05) is 11.0 Å². The van der Waals surface area contributed by atoms with E-state index in [1.54, 1.807) is 11.3 Å². The van der Waals surface area contributed by atoms with Gasteiger partial charge in [-0.1, -0.05) is 0 Å². The van der Waals surface area contributed by atoms with E-state index in [0.717, 1.165) is 49.9 Å². The summed E-state index contributed by atoms with van der Waals surface area (Å²) >= 11 is 1.70. The minimum atomic E-state index is 0.177. The van der Waals surface area contributed by atoms with Gasteiger partial charge in [-0.15, -0.1) is 11.3 Å². The molecule has 1 amide bonds. The molecule has 4 heterocycles. The van der Waals surface area contributed by atoms with Crippen LogP contribution in [-0.2, 0) is 4.74 Å². The van der Waals surface area contributed by atoms with Crippen molar-refractivity contribution in [3.8, 4) is 0 Å². The van der Waals surface area contributed by atoms with Gasteiger partial charge in [-0.05, 0) is 69.0 Å². The van der Waals surface area contributed by atoms with E-state index in [2.05, 4.69) is 11.0 Å². The number of carbonyl (C=O) groups is 1. The highest BCUT2D eigenvalue weighted by molar-refractivity contribution is 7.14. The zero-order valence-corrected chi connectivity index (χ0v) is 17.0. The van der Waals surface area contributed by atoms with Crippen LogP contribution in [0.15, 0.2) is 12.1 Å². The van der Waals surface area contributed by atoms with Crippen LogP contribution in [0.5, 0.6) is 0 Å². The zero-order chi connectivity index (χ0) is 18.6. The van der Waals surface area contributed by atoms with Crippen molar-refractivity contribution >= 4 is 17.2 Å². The molecule has 1 aromatic heterocycles. The average Bonchev–Trinajstić information content (AvgIpc) is 3.37. The number of piperidine rings is 1. The van der Waals surface area contributed by atoms with Crippen molar-refractivity contribution in [1.82, 2.24) is 9.80 Å². The van der Waals surface area contributed by atoms with Gasteiger partial charge in [0.25, 0.3) is 5.91 Å². The number of likely N-dealkylation sites (tertiary alicyclic amines) is 2. The highest BCUT2D eigenvalue weighted by Crippen LogP contribution is 2.37. The molecule has 0 bridgehead atoms. The minimum absolute atomic E-state index is 0.177. The molecule has 3 aliphatic rings. The molecule has 1 N–H and O–H groups in total. The molecule has 0 aliphatic carbocycles. The number of nitrogens with zero attached hydrogens (tertiary/aromatic N) is 2. The number of carbonyl (C=O) groups excluding carboxylic acids is 1. The van der Waals surface area contributed by atoms with Crippen molar-refractivity contribution in [2.45, 2.75) is 44.6 Å². The van der Waals surface area contributed by atoms with Crippen LogP contribution in [0.25, 0.3) is 0 Å². The van der Waals surface area contributed by atoms with Gasteiger partial charge in [0.2, 0.25) is 0 Å². The first kappa shape index (κ1) is 19.4. The van der Waals surface area contributed by atoms with Gasteiger partial charge in [0.1, 0.15) is 0 Å². The van der Waals surface area contributed by atoms with Crippen molar-refractivity contribution in [2.75, 3.05) is 46.0 Å². The van der Waals surface area contributed by atoms with Crippen molar-refractivity contribution < 1.29 is 14.6 Å². The Kier molecular flexibility index (Phi) is 6.48. The van der Waals surface area contributed by atoms with Crippen LogP contribution < -0.4 is 0 Å². The summed E-state index contributed by atoms with van der Waals surface area (Å²) in [5.41, 5.74) is 0. The minimum Gasteiger partial charge on any atom is -0.396 e. The van der Waals surface area contributed by atoms with Gasteiger partial charge in [-0.25, -0.2) is 0 Å². The number of hydrogen-bond acceptors (Lipinski definition) is 5. The molecule has 0 radical (unpaired) electrons. The van der Waals surface area contributed by atoms with Crippen LogP contribution in [0.4, 0.5) is 0 Å². The Morgan fingerprint density at radius 3 is 2.59 bits per heavy atom. The first-order valence-electron chi connectivity index (χ1n) is 10.6. The SMILES string of the molecule is O=C(c1ccc([C@H]2CCCN2CC2CCOCC2)s1)N1CCC(CO)CC1. The summed E-state index contributed by atoms with van der Waals surface area (Å²) in [6, 6.07) is 4.70. The Morgan fingerprint density at radius 2 is 1.85 bits per heavy atom. The number of hydrogen-bond donors (Lipinski definition) is 1. The molecule has 0 unspecified atom stereocenters. The molecule has 1 atom stereocenters. The fourth-order valence-electron chi connectivity index (χ4n) is 4.75. The normalized spacial score (nSPS) is 26.0. The maximum absolute atomic E-state index is 12.9. The van der Waals surface area contributed by atoms with E-state index in [9.17, 15) is 9.90 Å². The van der Waals surface area contributed by atoms with Crippen molar-refractivity contribution in [1.29, 1.82) is 0 Å². The zero-order valence-electron chi connectivity index (χ0n) is 16.1. The summed E-state index contributed by atoms with van der Waals surface area (Å²) in [5, 5.41) is 9.29. The smallest absolute Gasteiger partial charge is 0.263 e. The number of rotatable bonds is 5. The standard InChI is InChI=1S/C21H32N2O3S/c24-15-17-5-10-22(11-6-17)21(25)20-4-3-19(27-20)18-2-1-9-23(18)14-16-7-12-26-13-8-16/h3-4,16-18,24H,1-2,5-15H2/t18-/m1/s1. The van der Waals surface area contributed by atoms with E-state index < -0.39 is 0 Å². The fraction of sp³-hybridized carbons (Fsp3) is 0.762. The van der Waals surface area contributed by atoms with Gasteiger partial charge in [-0.2, -0.15) is 0 Å². The highest BCUT2D eigenvalue weighted by Gasteiger charge is 2.31. The first-order valence-corrected chi connectivity index (χ1v) is 11.4. The summed E-state index contributed by atoms with van der Waals surface area (Å²) in [4.78, 5) is 19.7. The largest absolute Gasteiger partial charge is 0.396 e. The number of aliphatic hydroxyl groups excluding tert-OH is 1.